The largest absolute Gasteiger partial charge is 0.496 e. The molecule has 0 fully saturated rings. The van der Waals surface area contributed by atoms with E-state index in [9.17, 15) is 0 Å². The van der Waals surface area contributed by atoms with Gasteiger partial charge >= 0.3 is 0 Å². The molecule has 5 heteroatoms. The Kier molecular flexibility index (Phi) is 3.63. The highest BCUT2D eigenvalue weighted by molar-refractivity contribution is 5.98. The molecule has 0 aliphatic carbocycles. The second-order valence-corrected chi connectivity index (χ2v) is 8.10. The number of aliphatic imine (C=N–C) groups is 1. The minimum Gasteiger partial charge on any atom is -0.496 e. The lowest BCUT2D eigenvalue weighted by Crippen LogP contribution is -2.61. The van der Waals surface area contributed by atoms with Gasteiger partial charge in [0.2, 0.25) is 5.72 Å². The van der Waals surface area contributed by atoms with Gasteiger partial charge in [0.15, 0.2) is 11.5 Å². The van der Waals surface area contributed by atoms with Crippen LogP contribution >= 0.6 is 0 Å². The van der Waals surface area contributed by atoms with Crippen molar-refractivity contribution in [3.63, 3.8) is 0 Å². The van der Waals surface area contributed by atoms with E-state index >= 15 is 0 Å². The average molecular weight is 388 g/mol. The van der Waals surface area contributed by atoms with Crippen LogP contribution in [0.2, 0.25) is 0 Å². The van der Waals surface area contributed by atoms with Gasteiger partial charge in [0.05, 0.1) is 25.8 Å². The first-order chi connectivity index (χ1) is 13.9. The van der Waals surface area contributed by atoms with Gasteiger partial charge in [0, 0.05) is 24.9 Å². The van der Waals surface area contributed by atoms with Crippen molar-refractivity contribution < 1.29 is 14.2 Å². The molecule has 2 aliphatic rings. The molecule has 0 radical (unpaired) electrons. The van der Waals surface area contributed by atoms with E-state index in [2.05, 4.69) is 62.2 Å². The molecule has 29 heavy (non-hydrogen) atoms. The van der Waals surface area contributed by atoms with E-state index in [0.717, 1.165) is 5.69 Å². The highest BCUT2D eigenvalue weighted by Crippen LogP contribution is 2.56. The van der Waals surface area contributed by atoms with Crippen LogP contribution in [0.1, 0.15) is 19.4 Å². The number of hydrogen-bond acceptors (Lipinski definition) is 5. The van der Waals surface area contributed by atoms with Gasteiger partial charge in [-0.15, -0.1) is 0 Å². The van der Waals surface area contributed by atoms with Gasteiger partial charge in [0.25, 0.3) is 0 Å². The first-order valence-corrected chi connectivity index (χ1v) is 9.69. The molecule has 0 saturated carbocycles. The van der Waals surface area contributed by atoms with E-state index in [1.807, 2.05) is 18.3 Å². The molecule has 5 nitrogen and oxygen atoms in total. The monoisotopic (exact) mass is 388 g/mol. The van der Waals surface area contributed by atoms with Crippen molar-refractivity contribution in [1.29, 1.82) is 0 Å². The van der Waals surface area contributed by atoms with Crippen molar-refractivity contribution >= 4 is 28.4 Å². The zero-order valence-electron chi connectivity index (χ0n) is 17.3. The fourth-order valence-corrected chi connectivity index (χ4v) is 4.80. The fourth-order valence-electron chi connectivity index (χ4n) is 4.80. The van der Waals surface area contributed by atoms with Crippen LogP contribution < -0.4 is 19.1 Å². The van der Waals surface area contributed by atoms with Gasteiger partial charge in [-0.3, -0.25) is 0 Å². The van der Waals surface area contributed by atoms with Gasteiger partial charge in [-0.1, -0.05) is 30.3 Å². The zero-order valence-corrected chi connectivity index (χ0v) is 17.3. The minimum absolute atomic E-state index is 0.352. The quantitative estimate of drug-likeness (QED) is 0.614. The number of benzene rings is 3. The van der Waals surface area contributed by atoms with Crippen molar-refractivity contribution in [1.82, 2.24) is 0 Å². The summed E-state index contributed by atoms with van der Waals surface area (Å²) in [4.78, 5) is 7.00. The third-order valence-corrected chi connectivity index (χ3v) is 6.39. The Hall–Kier alpha value is -3.21. The van der Waals surface area contributed by atoms with Crippen LogP contribution in [0.5, 0.6) is 17.2 Å². The van der Waals surface area contributed by atoms with E-state index in [1.54, 1.807) is 14.2 Å². The number of likely N-dealkylation sites (N-methyl/N-ethyl adjacent to an activating group) is 1. The molecule has 3 aromatic carbocycles. The van der Waals surface area contributed by atoms with Crippen LogP contribution in [0.3, 0.4) is 0 Å². The molecule has 0 aromatic heterocycles. The molecule has 1 spiro atoms. The molecule has 1 atom stereocenters. The number of ether oxygens (including phenoxy) is 3. The highest BCUT2D eigenvalue weighted by atomic mass is 16.5. The van der Waals surface area contributed by atoms with Crippen molar-refractivity contribution in [3.8, 4) is 17.2 Å². The van der Waals surface area contributed by atoms with Gasteiger partial charge in [-0.25, -0.2) is 4.99 Å². The summed E-state index contributed by atoms with van der Waals surface area (Å²) in [5.74, 6) is 1.96. The second-order valence-electron chi connectivity index (χ2n) is 8.10. The molecule has 5 rings (SSSR count). The molecular weight excluding hydrogens is 364 g/mol. The summed E-state index contributed by atoms with van der Waals surface area (Å²) >= 11 is 0. The van der Waals surface area contributed by atoms with Crippen LogP contribution in [0, 0.1) is 0 Å². The first kappa shape index (κ1) is 17.9. The van der Waals surface area contributed by atoms with E-state index in [-0.39, 0.29) is 5.41 Å². The summed E-state index contributed by atoms with van der Waals surface area (Å²) in [6.45, 7) is 4.44. The van der Waals surface area contributed by atoms with Gasteiger partial charge in [0.1, 0.15) is 11.4 Å². The van der Waals surface area contributed by atoms with Crippen molar-refractivity contribution in [3.05, 3.63) is 54.1 Å². The molecule has 2 heterocycles. The number of fused-ring (bicyclic) bond motifs is 4. The zero-order chi connectivity index (χ0) is 20.4. The predicted molar refractivity (Wildman–Crippen MR) is 116 cm³/mol. The Morgan fingerprint density at radius 3 is 2.55 bits per heavy atom. The molecule has 1 unspecified atom stereocenters. The highest BCUT2D eigenvalue weighted by Gasteiger charge is 2.59. The smallest absolute Gasteiger partial charge is 0.228 e. The molecular formula is C24H24N2O3. The molecule has 2 aliphatic heterocycles. The topological polar surface area (TPSA) is 43.3 Å². The Labute approximate surface area is 170 Å². The Morgan fingerprint density at radius 1 is 1.00 bits per heavy atom. The number of nitrogens with zero attached hydrogens (tertiary/aromatic N) is 2. The third-order valence-electron chi connectivity index (χ3n) is 6.39. The van der Waals surface area contributed by atoms with E-state index in [1.165, 1.54) is 16.3 Å². The van der Waals surface area contributed by atoms with Crippen molar-refractivity contribution in [2.45, 2.75) is 25.0 Å². The lowest BCUT2D eigenvalue weighted by atomic mass is 9.76. The molecule has 148 valence electrons. The molecule has 0 saturated heterocycles. The number of hydrogen-bond donors (Lipinski definition) is 0. The van der Waals surface area contributed by atoms with Crippen LogP contribution in [0.15, 0.2) is 53.5 Å². The summed E-state index contributed by atoms with van der Waals surface area (Å²) in [5.41, 5.74) is 1.99. The summed E-state index contributed by atoms with van der Waals surface area (Å²) in [5, 5.41) is 2.46. The Morgan fingerprint density at radius 2 is 1.79 bits per heavy atom. The standard InChI is InChI=1S/C24H24N2O3/c1-23(2)21-17-9-7-6-8-15(17)10-11-18(21)26(3)24(23)14-25-22-19(28-5)12-16(27-4)13-20(22)29-24/h6-14H,1-5H3. The molecule has 0 amide bonds. The Balaban J connectivity index is 1.73. The maximum atomic E-state index is 6.74. The number of anilines is 1. The fraction of sp³-hybridized carbons (Fsp3) is 0.292. The summed E-state index contributed by atoms with van der Waals surface area (Å²) in [6.07, 6.45) is 1.92. The lowest BCUT2D eigenvalue weighted by molar-refractivity contribution is 0.0823. The maximum absolute atomic E-state index is 6.74. The second kappa shape index (κ2) is 5.89. The predicted octanol–water partition coefficient (Wildman–Crippen LogP) is 5.08. The summed E-state index contributed by atoms with van der Waals surface area (Å²) in [7, 11) is 5.33. The normalized spacial score (nSPS) is 21.1. The molecule has 0 N–H and O–H groups in total. The van der Waals surface area contributed by atoms with E-state index < -0.39 is 5.72 Å². The lowest BCUT2D eigenvalue weighted by Gasteiger charge is -2.45. The van der Waals surface area contributed by atoms with Gasteiger partial charge < -0.3 is 19.1 Å². The maximum Gasteiger partial charge on any atom is 0.228 e. The molecule has 0 bridgehead atoms. The van der Waals surface area contributed by atoms with Crippen LogP contribution in [0.4, 0.5) is 11.4 Å². The first-order valence-electron chi connectivity index (χ1n) is 9.69. The van der Waals surface area contributed by atoms with Crippen LogP contribution in [-0.4, -0.2) is 33.2 Å². The number of methoxy groups -OCH3 is 2. The molecule has 3 aromatic rings. The van der Waals surface area contributed by atoms with Crippen molar-refractivity contribution in [2.75, 3.05) is 26.2 Å². The van der Waals surface area contributed by atoms with Gasteiger partial charge in [-0.05, 0) is 36.2 Å². The van der Waals surface area contributed by atoms with Gasteiger partial charge in [-0.2, -0.15) is 0 Å². The Bertz CT molecular complexity index is 1170. The third kappa shape index (κ3) is 2.18. The van der Waals surface area contributed by atoms with Crippen LogP contribution in [-0.2, 0) is 5.41 Å². The summed E-state index contributed by atoms with van der Waals surface area (Å²) < 4.78 is 17.7. The SMILES string of the molecule is COc1cc(OC)c2c(c1)OC1(C=N2)N(C)c2ccc3ccccc3c2C1(C)C. The van der Waals surface area contributed by atoms with E-state index in [0.29, 0.717) is 22.9 Å². The minimum atomic E-state index is -0.760. The van der Waals surface area contributed by atoms with Crippen LogP contribution in [0.25, 0.3) is 10.8 Å². The average Bonchev–Trinajstić information content (AvgIpc) is 2.91. The van der Waals surface area contributed by atoms with Crippen molar-refractivity contribution in [2.24, 2.45) is 4.99 Å². The summed E-state index contributed by atoms with van der Waals surface area (Å²) in [6, 6.07) is 16.5. The number of rotatable bonds is 2. The van der Waals surface area contributed by atoms with E-state index in [4.69, 9.17) is 19.2 Å².